The van der Waals surface area contributed by atoms with Crippen molar-refractivity contribution >= 4 is 18.0 Å². The molecule has 0 aromatic heterocycles. The van der Waals surface area contributed by atoms with Gasteiger partial charge in [0.25, 0.3) is 5.91 Å². The van der Waals surface area contributed by atoms with Gasteiger partial charge >= 0.3 is 18.2 Å². The monoisotopic (exact) mass is 466 g/mol. The molecule has 2 N–H and O–H groups in total. The van der Waals surface area contributed by atoms with Gasteiger partial charge in [-0.05, 0) is 56.2 Å². The van der Waals surface area contributed by atoms with Crippen LogP contribution < -0.4 is 10.6 Å². The van der Waals surface area contributed by atoms with Crippen LogP contribution in [0.2, 0.25) is 0 Å². The second kappa shape index (κ2) is 10.4. The summed E-state index contributed by atoms with van der Waals surface area (Å²) in [4.78, 5) is 36.4. The van der Waals surface area contributed by atoms with Crippen LogP contribution in [0.4, 0.5) is 18.0 Å². The number of rotatable bonds is 6. The number of methoxy groups -OCH3 is 1. The van der Waals surface area contributed by atoms with Gasteiger partial charge < -0.3 is 20.1 Å². The molecule has 0 saturated heterocycles. The standard InChI is InChI=1S/C23H25F3N2O5/c1-22(2,3)33-21(31)27-13-18(20(30)32-4)28-19(29)16-7-5-14(6-8-16)15-9-11-17(12-10-15)23(24,25)26/h5-12,18H,13H2,1-4H3,(H,27,31)(H,28,29)/t18-/m0/s1. The van der Waals surface area contributed by atoms with E-state index in [1.807, 2.05) is 0 Å². The largest absolute Gasteiger partial charge is 0.467 e. The van der Waals surface area contributed by atoms with E-state index in [4.69, 9.17) is 4.74 Å². The van der Waals surface area contributed by atoms with Crippen molar-refractivity contribution in [1.29, 1.82) is 0 Å². The number of alkyl carbamates (subject to hydrolysis) is 1. The molecule has 0 aliphatic heterocycles. The molecular formula is C23H25F3N2O5. The average Bonchev–Trinajstić information content (AvgIpc) is 2.74. The maximum absolute atomic E-state index is 12.7. The lowest BCUT2D eigenvalue weighted by molar-refractivity contribution is -0.142. The molecule has 0 spiro atoms. The highest BCUT2D eigenvalue weighted by Crippen LogP contribution is 2.31. The summed E-state index contributed by atoms with van der Waals surface area (Å²) in [5.74, 6) is -1.36. The maximum atomic E-state index is 12.7. The predicted octanol–water partition coefficient (Wildman–Crippen LogP) is 4.17. The molecule has 0 aliphatic carbocycles. The lowest BCUT2D eigenvalue weighted by atomic mass is 10.0. The Morgan fingerprint density at radius 1 is 0.909 bits per heavy atom. The summed E-state index contributed by atoms with van der Waals surface area (Å²) in [5.41, 5.74) is -0.128. The molecule has 7 nitrogen and oxygen atoms in total. The van der Waals surface area contributed by atoms with Gasteiger partial charge in [-0.25, -0.2) is 9.59 Å². The second-order valence-corrected chi connectivity index (χ2v) is 8.08. The van der Waals surface area contributed by atoms with Crippen molar-refractivity contribution in [2.45, 2.75) is 38.6 Å². The number of hydrogen-bond acceptors (Lipinski definition) is 5. The van der Waals surface area contributed by atoms with Crippen molar-refractivity contribution in [3.05, 3.63) is 59.7 Å². The molecule has 0 unspecified atom stereocenters. The van der Waals surface area contributed by atoms with Gasteiger partial charge in [0.2, 0.25) is 0 Å². The minimum absolute atomic E-state index is 0.205. The third-order valence-electron chi connectivity index (χ3n) is 4.33. The summed E-state index contributed by atoms with van der Waals surface area (Å²) < 4.78 is 47.9. The van der Waals surface area contributed by atoms with Gasteiger partial charge in [0, 0.05) is 5.56 Å². The molecule has 0 fully saturated rings. The number of ether oxygens (including phenoxy) is 2. The number of alkyl halides is 3. The van der Waals surface area contributed by atoms with Crippen LogP contribution in [-0.2, 0) is 20.4 Å². The van der Waals surface area contributed by atoms with E-state index in [0.717, 1.165) is 19.2 Å². The predicted molar refractivity (Wildman–Crippen MR) is 114 cm³/mol. The lowest BCUT2D eigenvalue weighted by Gasteiger charge is -2.21. The molecule has 0 bridgehead atoms. The van der Waals surface area contributed by atoms with Gasteiger partial charge in [-0.15, -0.1) is 0 Å². The van der Waals surface area contributed by atoms with Crippen LogP contribution in [0.15, 0.2) is 48.5 Å². The van der Waals surface area contributed by atoms with E-state index < -0.39 is 41.4 Å². The summed E-state index contributed by atoms with van der Waals surface area (Å²) in [5, 5.41) is 4.88. The number of esters is 1. The van der Waals surface area contributed by atoms with Crippen LogP contribution in [0.5, 0.6) is 0 Å². The first-order valence-electron chi connectivity index (χ1n) is 9.93. The number of carbonyl (C=O) groups excluding carboxylic acids is 3. The SMILES string of the molecule is COC(=O)[C@H](CNC(=O)OC(C)(C)C)NC(=O)c1ccc(-c2ccc(C(F)(F)F)cc2)cc1. The van der Waals surface area contributed by atoms with E-state index in [1.54, 1.807) is 32.9 Å². The minimum atomic E-state index is -4.42. The Labute approximate surface area is 189 Å². The van der Waals surface area contributed by atoms with Crippen LogP contribution in [0.1, 0.15) is 36.7 Å². The highest BCUT2D eigenvalue weighted by molar-refractivity contribution is 5.97. The number of hydrogen-bond donors (Lipinski definition) is 2. The van der Waals surface area contributed by atoms with Gasteiger partial charge in [-0.3, -0.25) is 4.79 Å². The van der Waals surface area contributed by atoms with Crippen LogP contribution in [0.25, 0.3) is 11.1 Å². The molecule has 2 rings (SSSR count). The second-order valence-electron chi connectivity index (χ2n) is 8.08. The first-order valence-corrected chi connectivity index (χ1v) is 9.93. The smallest absolute Gasteiger partial charge is 0.416 e. The molecule has 2 aromatic carbocycles. The third kappa shape index (κ3) is 7.81. The number of nitrogens with one attached hydrogen (secondary N) is 2. The Morgan fingerprint density at radius 2 is 1.42 bits per heavy atom. The maximum Gasteiger partial charge on any atom is 0.416 e. The number of halogens is 3. The normalized spacial score (nSPS) is 12.5. The number of amides is 2. The van der Waals surface area contributed by atoms with Gasteiger partial charge in [0.05, 0.1) is 19.2 Å². The summed E-state index contributed by atoms with van der Waals surface area (Å²) in [6.45, 7) is 4.79. The summed E-state index contributed by atoms with van der Waals surface area (Å²) in [6.07, 6.45) is -5.18. The summed E-state index contributed by atoms with van der Waals surface area (Å²) >= 11 is 0. The van der Waals surface area contributed by atoms with E-state index in [2.05, 4.69) is 15.4 Å². The molecule has 178 valence electrons. The van der Waals surface area contributed by atoms with E-state index in [-0.39, 0.29) is 12.1 Å². The molecule has 0 saturated carbocycles. The zero-order chi connectivity index (χ0) is 24.8. The lowest BCUT2D eigenvalue weighted by Crippen LogP contribution is -2.49. The molecular weight excluding hydrogens is 441 g/mol. The number of carbonyl (C=O) groups is 3. The van der Waals surface area contributed by atoms with Crippen molar-refractivity contribution in [2.24, 2.45) is 0 Å². The van der Waals surface area contributed by atoms with Crippen molar-refractivity contribution in [3.8, 4) is 11.1 Å². The third-order valence-corrected chi connectivity index (χ3v) is 4.33. The highest BCUT2D eigenvalue weighted by atomic mass is 19.4. The van der Waals surface area contributed by atoms with Crippen LogP contribution in [0.3, 0.4) is 0 Å². The minimum Gasteiger partial charge on any atom is -0.467 e. The molecule has 0 aliphatic rings. The number of benzene rings is 2. The topological polar surface area (TPSA) is 93.7 Å². The van der Waals surface area contributed by atoms with Gasteiger partial charge in [-0.2, -0.15) is 13.2 Å². The van der Waals surface area contributed by atoms with Crippen LogP contribution in [-0.4, -0.2) is 43.3 Å². The molecule has 2 amide bonds. The summed E-state index contributed by atoms with van der Waals surface area (Å²) in [7, 11) is 1.15. The molecule has 10 heteroatoms. The molecule has 0 radical (unpaired) electrons. The Kier molecular flexibility index (Phi) is 8.08. The fraction of sp³-hybridized carbons (Fsp3) is 0.348. The zero-order valence-electron chi connectivity index (χ0n) is 18.6. The average molecular weight is 466 g/mol. The molecule has 1 atom stereocenters. The molecule has 33 heavy (non-hydrogen) atoms. The van der Waals surface area contributed by atoms with Gasteiger partial charge in [0.1, 0.15) is 11.6 Å². The van der Waals surface area contributed by atoms with Crippen molar-refractivity contribution in [3.63, 3.8) is 0 Å². The van der Waals surface area contributed by atoms with Crippen molar-refractivity contribution < 1.29 is 37.0 Å². The molecule has 2 aromatic rings. The Morgan fingerprint density at radius 3 is 1.88 bits per heavy atom. The van der Waals surface area contributed by atoms with Crippen molar-refractivity contribution in [2.75, 3.05) is 13.7 Å². The van der Waals surface area contributed by atoms with Gasteiger partial charge in [0.15, 0.2) is 0 Å². The Hall–Kier alpha value is -3.56. The van der Waals surface area contributed by atoms with E-state index in [1.165, 1.54) is 24.3 Å². The van der Waals surface area contributed by atoms with E-state index >= 15 is 0 Å². The first-order chi connectivity index (χ1) is 15.3. The van der Waals surface area contributed by atoms with E-state index in [0.29, 0.717) is 11.1 Å². The quantitative estimate of drug-likeness (QED) is 0.624. The fourth-order valence-corrected chi connectivity index (χ4v) is 2.74. The fourth-order valence-electron chi connectivity index (χ4n) is 2.74. The van der Waals surface area contributed by atoms with Gasteiger partial charge in [-0.1, -0.05) is 24.3 Å². The van der Waals surface area contributed by atoms with E-state index in [9.17, 15) is 27.6 Å². The Bertz CT molecular complexity index is 981. The zero-order valence-corrected chi connectivity index (χ0v) is 18.6. The summed E-state index contributed by atoms with van der Waals surface area (Å²) in [6, 6.07) is 9.57. The van der Waals surface area contributed by atoms with Crippen LogP contribution >= 0.6 is 0 Å². The molecule has 0 heterocycles. The van der Waals surface area contributed by atoms with Crippen molar-refractivity contribution in [1.82, 2.24) is 10.6 Å². The first kappa shape index (κ1) is 25.7. The van der Waals surface area contributed by atoms with Crippen LogP contribution in [0, 0.1) is 0 Å². The highest BCUT2D eigenvalue weighted by Gasteiger charge is 2.30. The Balaban J connectivity index is 2.06.